The molecule has 0 spiro atoms. The molecule has 8 aromatic carbocycles. The highest BCUT2D eigenvalue weighted by atomic mass is 16.3. The molecule has 0 saturated carbocycles. The molecule has 0 unspecified atom stereocenters. The van der Waals surface area contributed by atoms with Crippen LogP contribution in [-0.4, -0.2) is 0 Å². The first-order chi connectivity index (χ1) is 24.3. The van der Waals surface area contributed by atoms with Gasteiger partial charge < -0.3 is 9.32 Å². The Morgan fingerprint density at radius 2 is 0.939 bits per heavy atom. The number of nitrogens with zero attached hydrogens (tertiary/aromatic N) is 1. The second-order valence-electron chi connectivity index (χ2n) is 12.8. The van der Waals surface area contributed by atoms with Gasteiger partial charge in [-0.15, -0.1) is 0 Å². The Morgan fingerprint density at radius 1 is 0.388 bits per heavy atom. The first-order valence-corrected chi connectivity index (χ1v) is 16.9. The van der Waals surface area contributed by atoms with E-state index < -0.39 is 5.41 Å². The van der Waals surface area contributed by atoms with E-state index in [9.17, 15) is 0 Å². The van der Waals surface area contributed by atoms with E-state index >= 15 is 0 Å². The quantitative estimate of drug-likeness (QED) is 0.189. The molecular weight excluding hydrogens is 595 g/mol. The minimum Gasteiger partial charge on any atom is -0.455 e. The van der Waals surface area contributed by atoms with Gasteiger partial charge in [-0.1, -0.05) is 152 Å². The summed E-state index contributed by atoms with van der Waals surface area (Å²) in [6, 6.07) is 68.0. The van der Waals surface area contributed by atoms with E-state index in [0.29, 0.717) is 0 Å². The minimum absolute atomic E-state index is 0.487. The van der Waals surface area contributed by atoms with Crippen LogP contribution >= 0.6 is 0 Å². The van der Waals surface area contributed by atoms with Crippen LogP contribution < -0.4 is 4.90 Å². The van der Waals surface area contributed by atoms with Crippen molar-refractivity contribution in [3.05, 3.63) is 210 Å². The largest absolute Gasteiger partial charge is 0.455 e. The molecule has 0 atom stereocenters. The van der Waals surface area contributed by atoms with Crippen LogP contribution in [0.5, 0.6) is 0 Å². The first-order valence-electron chi connectivity index (χ1n) is 16.9. The number of rotatable bonds is 5. The van der Waals surface area contributed by atoms with Gasteiger partial charge in [0.15, 0.2) is 0 Å². The third kappa shape index (κ3) is 4.01. The number of benzene rings is 8. The van der Waals surface area contributed by atoms with Gasteiger partial charge >= 0.3 is 0 Å². The standard InChI is InChI=1S/C47H31NO/c1-3-16-32(17-4-1)47(42-27-12-9-22-36(42)37-23-10-13-28-43(37)47)33-18-15-21-35(30-33)48(34-19-5-2-6-20-34)44-31-41-39-25-11-14-29-45(39)49-46(41)40-26-8-7-24-38(40)44/h1-31H. The lowest BCUT2D eigenvalue weighted by molar-refractivity contribution is 0.672. The Hall–Kier alpha value is -6.38. The fraction of sp³-hybridized carbons (Fsp3) is 0.0213. The van der Waals surface area contributed by atoms with Gasteiger partial charge in [-0.25, -0.2) is 0 Å². The number of para-hydroxylation sites is 2. The topological polar surface area (TPSA) is 16.4 Å². The van der Waals surface area contributed by atoms with Crippen LogP contribution in [0.2, 0.25) is 0 Å². The predicted octanol–water partition coefficient (Wildman–Crippen LogP) is 12.6. The molecule has 1 aliphatic rings. The zero-order valence-electron chi connectivity index (χ0n) is 26.8. The zero-order valence-corrected chi connectivity index (χ0v) is 26.8. The van der Waals surface area contributed by atoms with Gasteiger partial charge in [-0.3, -0.25) is 0 Å². The molecule has 0 saturated heterocycles. The van der Waals surface area contributed by atoms with Crippen LogP contribution in [0.3, 0.4) is 0 Å². The maximum atomic E-state index is 6.51. The van der Waals surface area contributed by atoms with Gasteiger partial charge in [0.2, 0.25) is 0 Å². The summed E-state index contributed by atoms with van der Waals surface area (Å²) in [7, 11) is 0. The molecule has 0 aliphatic heterocycles. The average Bonchev–Trinajstić information content (AvgIpc) is 3.70. The highest BCUT2D eigenvalue weighted by molar-refractivity contribution is 6.19. The zero-order chi connectivity index (χ0) is 32.4. The molecule has 1 aliphatic carbocycles. The normalized spacial score (nSPS) is 13.1. The average molecular weight is 626 g/mol. The van der Waals surface area contributed by atoms with Crippen molar-refractivity contribution in [3.8, 4) is 11.1 Å². The number of hydrogen-bond acceptors (Lipinski definition) is 2. The van der Waals surface area contributed by atoms with Crippen molar-refractivity contribution in [1.29, 1.82) is 0 Å². The fourth-order valence-corrected chi connectivity index (χ4v) is 8.31. The third-order valence-electron chi connectivity index (χ3n) is 10.3. The summed E-state index contributed by atoms with van der Waals surface area (Å²) in [6.45, 7) is 0. The van der Waals surface area contributed by atoms with E-state index in [1.807, 2.05) is 6.07 Å². The second kappa shape index (κ2) is 10.8. The molecule has 49 heavy (non-hydrogen) atoms. The summed E-state index contributed by atoms with van der Waals surface area (Å²) < 4.78 is 6.51. The molecular formula is C47H31NO. The number of hydrogen-bond donors (Lipinski definition) is 0. The second-order valence-corrected chi connectivity index (χ2v) is 12.8. The van der Waals surface area contributed by atoms with Gasteiger partial charge in [-0.05, 0) is 69.8 Å². The number of anilines is 3. The van der Waals surface area contributed by atoms with Gasteiger partial charge in [0.05, 0.1) is 11.1 Å². The molecule has 0 N–H and O–H groups in total. The smallest absolute Gasteiger partial charge is 0.143 e. The van der Waals surface area contributed by atoms with Crippen LogP contribution in [-0.2, 0) is 5.41 Å². The SMILES string of the molecule is c1ccc(N(c2cccc(C3(c4ccccc4)c4ccccc4-c4ccccc43)c2)c2cc3c4ccccc4oc3c3ccccc23)cc1. The summed E-state index contributed by atoms with van der Waals surface area (Å²) in [5.41, 5.74) is 12.3. The minimum atomic E-state index is -0.487. The highest BCUT2D eigenvalue weighted by Gasteiger charge is 2.46. The molecule has 1 aromatic heterocycles. The van der Waals surface area contributed by atoms with Gasteiger partial charge in [0.25, 0.3) is 0 Å². The van der Waals surface area contributed by atoms with Crippen molar-refractivity contribution < 1.29 is 4.42 Å². The summed E-state index contributed by atoms with van der Waals surface area (Å²) in [4.78, 5) is 2.42. The Balaban J connectivity index is 1.28. The Bertz CT molecular complexity index is 2630. The van der Waals surface area contributed by atoms with Crippen LogP contribution in [0.4, 0.5) is 17.1 Å². The van der Waals surface area contributed by atoms with Crippen LogP contribution in [0.1, 0.15) is 22.3 Å². The van der Waals surface area contributed by atoms with Crippen LogP contribution in [0, 0.1) is 0 Å². The highest BCUT2D eigenvalue weighted by Crippen LogP contribution is 2.56. The van der Waals surface area contributed by atoms with E-state index in [-0.39, 0.29) is 0 Å². The molecule has 2 heteroatoms. The summed E-state index contributed by atoms with van der Waals surface area (Å²) in [5.74, 6) is 0. The third-order valence-corrected chi connectivity index (χ3v) is 10.3. The molecule has 230 valence electrons. The van der Waals surface area contributed by atoms with Crippen molar-refractivity contribution in [1.82, 2.24) is 0 Å². The summed E-state index contributed by atoms with van der Waals surface area (Å²) in [6.07, 6.45) is 0. The van der Waals surface area contributed by atoms with Crippen molar-refractivity contribution in [2.75, 3.05) is 4.90 Å². The summed E-state index contributed by atoms with van der Waals surface area (Å²) >= 11 is 0. The molecule has 0 amide bonds. The van der Waals surface area contributed by atoms with E-state index in [0.717, 1.165) is 49.8 Å². The predicted molar refractivity (Wildman–Crippen MR) is 203 cm³/mol. The maximum Gasteiger partial charge on any atom is 0.143 e. The number of fused-ring (bicyclic) bond motifs is 8. The van der Waals surface area contributed by atoms with E-state index in [1.54, 1.807) is 0 Å². The monoisotopic (exact) mass is 625 g/mol. The Kier molecular flexibility index (Phi) is 6.13. The van der Waals surface area contributed by atoms with Crippen molar-refractivity contribution in [3.63, 3.8) is 0 Å². The van der Waals surface area contributed by atoms with Crippen LogP contribution in [0.25, 0.3) is 43.8 Å². The molecule has 0 radical (unpaired) electrons. The molecule has 0 bridgehead atoms. The van der Waals surface area contributed by atoms with E-state index in [2.05, 4.69) is 187 Å². The maximum absolute atomic E-state index is 6.51. The van der Waals surface area contributed by atoms with Gasteiger partial charge in [0, 0.05) is 32.9 Å². The van der Waals surface area contributed by atoms with Gasteiger partial charge in [0.1, 0.15) is 11.2 Å². The van der Waals surface area contributed by atoms with Crippen LogP contribution in [0.15, 0.2) is 192 Å². The van der Waals surface area contributed by atoms with Crippen molar-refractivity contribution >= 4 is 49.8 Å². The molecule has 9 aromatic rings. The molecule has 10 rings (SSSR count). The fourth-order valence-electron chi connectivity index (χ4n) is 8.31. The lowest BCUT2D eigenvalue weighted by Crippen LogP contribution is -2.28. The lowest BCUT2D eigenvalue weighted by Gasteiger charge is -2.35. The molecule has 1 heterocycles. The Labute approximate surface area is 285 Å². The van der Waals surface area contributed by atoms with E-state index in [1.165, 1.54) is 33.4 Å². The summed E-state index contributed by atoms with van der Waals surface area (Å²) in [5, 5.41) is 4.47. The molecule has 0 fully saturated rings. The van der Waals surface area contributed by atoms with Crippen molar-refractivity contribution in [2.24, 2.45) is 0 Å². The number of furan rings is 1. The molecule has 2 nitrogen and oxygen atoms in total. The Morgan fingerprint density at radius 3 is 1.67 bits per heavy atom. The first kappa shape index (κ1) is 27.7. The van der Waals surface area contributed by atoms with Crippen molar-refractivity contribution in [2.45, 2.75) is 5.41 Å². The lowest BCUT2D eigenvalue weighted by atomic mass is 9.67. The van der Waals surface area contributed by atoms with E-state index in [4.69, 9.17) is 4.42 Å². The van der Waals surface area contributed by atoms with Gasteiger partial charge in [-0.2, -0.15) is 0 Å².